The smallest absolute Gasteiger partial charge is 0.253 e. The second-order valence-corrected chi connectivity index (χ2v) is 6.79. The molecule has 0 saturated carbocycles. The molecule has 1 N–H and O–H groups in total. The number of H-pyrrole nitrogens is 1. The lowest BCUT2D eigenvalue weighted by Gasteiger charge is -2.24. The molecule has 1 aromatic heterocycles. The minimum absolute atomic E-state index is 0.00226. The Morgan fingerprint density at radius 3 is 2.54 bits per heavy atom. The number of hydrogen-bond acceptors (Lipinski definition) is 2. The number of nitrogens with one attached hydrogen (secondary N) is 1. The summed E-state index contributed by atoms with van der Waals surface area (Å²) >= 11 is 0. The van der Waals surface area contributed by atoms with Gasteiger partial charge in [0.25, 0.3) is 5.56 Å². The molecule has 3 rings (SSSR count). The number of fused-ring (bicyclic) bond motifs is 1. The van der Waals surface area contributed by atoms with Gasteiger partial charge in [0.1, 0.15) is 0 Å². The quantitative estimate of drug-likeness (QED) is 0.760. The molecule has 0 aliphatic heterocycles. The van der Waals surface area contributed by atoms with E-state index in [9.17, 15) is 9.59 Å². The molecule has 0 atom stereocenters. The molecule has 2 aromatic carbocycles. The van der Waals surface area contributed by atoms with Crippen molar-refractivity contribution in [2.45, 2.75) is 40.7 Å². The van der Waals surface area contributed by atoms with Crippen LogP contribution in [-0.2, 0) is 11.3 Å². The van der Waals surface area contributed by atoms with Gasteiger partial charge in [-0.15, -0.1) is 0 Å². The van der Waals surface area contributed by atoms with Crippen molar-refractivity contribution in [1.82, 2.24) is 4.98 Å². The first kappa shape index (κ1) is 17.9. The van der Waals surface area contributed by atoms with Gasteiger partial charge in [-0.1, -0.05) is 37.3 Å². The highest BCUT2D eigenvalue weighted by atomic mass is 16.2. The summed E-state index contributed by atoms with van der Waals surface area (Å²) in [6, 6.07) is 13.9. The van der Waals surface area contributed by atoms with Crippen LogP contribution in [0.25, 0.3) is 10.9 Å². The SMILES string of the molecule is CCC(=O)N(Cc1cc2cccc(C)c2[nH]c1=O)c1cc(C)ccc1C. The molecule has 0 aliphatic carbocycles. The van der Waals surface area contributed by atoms with Crippen LogP contribution in [0, 0.1) is 20.8 Å². The van der Waals surface area contributed by atoms with Gasteiger partial charge < -0.3 is 9.88 Å². The molecular weight excluding hydrogens is 324 g/mol. The molecule has 134 valence electrons. The lowest BCUT2D eigenvalue weighted by Crippen LogP contribution is -2.32. The number of aromatic amines is 1. The largest absolute Gasteiger partial charge is 0.321 e. The second kappa shape index (κ2) is 7.16. The maximum Gasteiger partial charge on any atom is 0.253 e. The van der Waals surface area contributed by atoms with E-state index in [1.54, 1.807) is 4.90 Å². The van der Waals surface area contributed by atoms with E-state index < -0.39 is 0 Å². The van der Waals surface area contributed by atoms with Crippen LogP contribution in [0.1, 0.15) is 35.6 Å². The van der Waals surface area contributed by atoms with Crippen LogP contribution < -0.4 is 10.5 Å². The van der Waals surface area contributed by atoms with Gasteiger partial charge in [-0.3, -0.25) is 9.59 Å². The maximum absolute atomic E-state index is 12.6. The summed E-state index contributed by atoms with van der Waals surface area (Å²) in [5.74, 6) is 0.00226. The van der Waals surface area contributed by atoms with Crippen LogP contribution in [-0.4, -0.2) is 10.9 Å². The molecule has 0 fully saturated rings. The van der Waals surface area contributed by atoms with E-state index in [1.165, 1.54) is 0 Å². The zero-order valence-corrected chi connectivity index (χ0v) is 15.7. The molecule has 0 unspecified atom stereocenters. The molecule has 0 saturated heterocycles. The number of aryl methyl sites for hydroxylation is 3. The Balaban J connectivity index is 2.09. The number of pyridine rings is 1. The van der Waals surface area contributed by atoms with E-state index in [-0.39, 0.29) is 18.0 Å². The summed E-state index contributed by atoms with van der Waals surface area (Å²) in [4.78, 5) is 29.9. The van der Waals surface area contributed by atoms with Gasteiger partial charge in [0.2, 0.25) is 5.91 Å². The molecule has 1 amide bonds. The van der Waals surface area contributed by atoms with Gasteiger partial charge in [-0.2, -0.15) is 0 Å². The van der Waals surface area contributed by atoms with E-state index in [1.807, 2.05) is 70.2 Å². The lowest BCUT2D eigenvalue weighted by atomic mass is 10.1. The van der Waals surface area contributed by atoms with Crippen LogP contribution in [0.15, 0.2) is 47.3 Å². The van der Waals surface area contributed by atoms with Crippen molar-refractivity contribution in [2.75, 3.05) is 4.90 Å². The van der Waals surface area contributed by atoms with Crippen LogP contribution in [0.5, 0.6) is 0 Å². The Labute approximate surface area is 153 Å². The van der Waals surface area contributed by atoms with Crippen molar-refractivity contribution in [3.63, 3.8) is 0 Å². The number of nitrogens with zero attached hydrogens (tertiary/aromatic N) is 1. The van der Waals surface area contributed by atoms with E-state index in [4.69, 9.17) is 0 Å². The average Bonchev–Trinajstić information content (AvgIpc) is 2.62. The first-order valence-electron chi connectivity index (χ1n) is 8.90. The van der Waals surface area contributed by atoms with Gasteiger partial charge in [-0.05, 0) is 55.0 Å². The van der Waals surface area contributed by atoms with E-state index in [2.05, 4.69) is 4.98 Å². The summed E-state index contributed by atoms with van der Waals surface area (Å²) in [5.41, 5.74) is 5.29. The predicted molar refractivity (Wildman–Crippen MR) is 107 cm³/mol. The molecule has 1 heterocycles. The fourth-order valence-corrected chi connectivity index (χ4v) is 3.23. The van der Waals surface area contributed by atoms with Crippen molar-refractivity contribution in [3.8, 4) is 0 Å². The number of carbonyl (C=O) groups excluding carboxylic acids is 1. The molecule has 3 aromatic rings. The monoisotopic (exact) mass is 348 g/mol. The summed E-state index contributed by atoms with van der Waals surface area (Å²) in [7, 11) is 0. The minimum atomic E-state index is -0.147. The number of aromatic nitrogens is 1. The number of para-hydroxylation sites is 1. The summed E-state index contributed by atoms with van der Waals surface area (Å²) in [6.07, 6.45) is 0.387. The topological polar surface area (TPSA) is 53.2 Å². The molecule has 4 heteroatoms. The van der Waals surface area contributed by atoms with Gasteiger partial charge >= 0.3 is 0 Å². The van der Waals surface area contributed by atoms with Crippen LogP contribution in [0.2, 0.25) is 0 Å². The molecule has 0 bridgehead atoms. The van der Waals surface area contributed by atoms with Crippen molar-refractivity contribution >= 4 is 22.5 Å². The van der Waals surface area contributed by atoms with Crippen molar-refractivity contribution < 1.29 is 4.79 Å². The van der Waals surface area contributed by atoms with Crippen molar-refractivity contribution in [2.24, 2.45) is 0 Å². The standard InChI is InChI=1S/C22H24N2O2/c1-5-20(25)24(19-11-14(2)9-10-15(19)3)13-18-12-17-8-6-7-16(4)21(17)23-22(18)26/h6-12H,5,13H2,1-4H3,(H,23,26). The van der Waals surface area contributed by atoms with Crippen LogP contribution in [0.3, 0.4) is 0 Å². The number of carbonyl (C=O) groups is 1. The normalized spacial score (nSPS) is 10.9. The highest BCUT2D eigenvalue weighted by molar-refractivity contribution is 5.94. The molecular formula is C22H24N2O2. The Bertz CT molecular complexity index is 1030. The summed E-state index contributed by atoms with van der Waals surface area (Å²) < 4.78 is 0. The Morgan fingerprint density at radius 2 is 1.81 bits per heavy atom. The second-order valence-electron chi connectivity index (χ2n) is 6.79. The number of rotatable bonds is 4. The minimum Gasteiger partial charge on any atom is -0.321 e. The third kappa shape index (κ3) is 3.40. The van der Waals surface area contributed by atoms with Gasteiger partial charge in [0, 0.05) is 17.7 Å². The highest BCUT2D eigenvalue weighted by Gasteiger charge is 2.18. The Hall–Kier alpha value is -2.88. The molecule has 0 aliphatic rings. The molecule has 0 radical (unpaired) electrons. The summed E-state index contributed by atoms with van der Waals surface area (Å²) in [6.45, 7) is 8.06. The predicted octanol–water partition coefficient (Wildman–Crippen LogP) is 4.40. The average molecular weight is 348 g/mol. The maximum atomic E-state index is 12.6. The number of benzene rings is 2. The van der Waals surface area contributed by atoms with Crippen LogP contribution in [0.4, 0.5) is 5.69 Å². The third-order valence-electron chi connectivity index (χ3n) is 4.75. The third-order valence-corrected chi connectivity index (χ3v) is 4.75. The fourth-order valence-electron chi connectivity index (χ4n) is 3.23. The lowest BCUT2D eigenvalue weighted by molar-refractivity contribution is -0.118. The van der Waals surface area contributed by atoms with Crippen molar-refractivity contribution in [3.05, 3.63) is 75.1 Å². The zero-order chi connectivity index (χ0) is 18.8. The van der Waals surface area contributed by atoms with E-state index >= 15 is 0 Å². The zero-order valence-electron chi connectivity index (χ0n) is 15.7. The Kier molecular flexibility index (Phi) is 4.94. The van der Waals surface area contributed by atoms with E-state index in [0.717, 1.165) is 33.3 Å². The first-order chi connectivity index (χ1) is 12.4. The highest BCUT2D eigenvalue weighted by Crippen LogP contribution is 2.24. The van der Waals surface area contributed by atoms with E-state index in [0.29, 0.717) is 12.0 Å². The van der Waals surface area contributed by atoms with Gasteiger partial charge in [0.15, 0.2) is 0 Å². The summed E-state index contributed by atoms with van der Waals surface area (Å²) in [5, 5.41) is 0.976. The molecule has 0 spiro atoms. The van der Waals surface area contributed by atoms with Crippen LogP contribution >= 0.6 is 0 Å². The Morgan fingerprint density at radius 1 is 1.04 bits per heavy atom. The van der Waals surface area contributed by atoms with Crippen molar-refractivity contribution in [1.29, 1.82) is 0 Å². The van der Waals surface area contributed by atoms with Gasteiger partial charge in [-0.25, -0.2) is 0 Å². The number of hydrogen-bond donors (Lipinski definition) is 1. The molecule has 26 heavy (non-hydrogen) atoms. The first-order valence-corrected chi connectivity index (χ1v) is 8.90. The number of amides is 1. The molecule has 4 nitrogen and oxygen atoms in total. The van der Waals surface area contributed by atoms with Gasteiger partial charge in [0.05, 0.1) is 12.1 Å². The fraction of sp³-hybridized carbons (Fsp3) is 0.273. The number of anilines is 1.